The number of hydrogen-bond acceptors (Lipinski definition) is 6. The molecule has 0 aromatic heterocycles. The summed E-state index contributed by atoms with van der Waals surface area (Å²) in [7, 11) is 2.40. The molecular formula is C17H19BrO6. The summed E-state index contributed by atoms with van der Waals surface area (Å²) in [5.41, 5.74) is -1.04. The number of ketones is 1. The number of methoxy groups -OCH3 is 2. The molecule has 2 rings (SSSR count). The number of Topliss-reactive ketones (excluding diaryl/α,β-unsaturated/α-hetero) is 1. The summed E-state index contributed by atoms with van der Waals surface area (Å²) in [5, 5.41) is 10.7. The molecule has 6 nitrogen and oxygen atoms in total. The highest BCUT2D eigenvalue weighted by atomic mass is 79.9. The molecule has 130 valence electrons. The molecule has 0 amide bonds. The van der Waals surface area contributed by atoms with Crippen LogP contribution in [0.25, 0.3) is 0 Å². The average molecular weight is 399 g/mol. The van der Waals surface area contributed by atoms with Gasteiger partial charge in [0.25, 0.3) is 0 Å². The predicted molar refractivity (Wildman–Crippen MR) is 88.1 cm³/mol. The lowest BCUT2D eigenvalue weighted by Gasteiger charge is -2.43. The van der Waals surface area contributed by atoms with E-state index in [4.69, 9.17) is 9.47 Å². The molecule has 0 heterocycles. The highest BCUT2D eigenvalue weighted by Gasteiger charge is 2.56. The third-order valence-corrected chi connectivity index (χ3v) is 4.96. The maximum absolute atomic E-state index is 12.5. The highest BCUT2D eigenvalue weighted by Crippen LogP contribution is 2.46. The Morgan fingerprint density at radius 3 is 2.21 bits per heavy atom. The number of carbonyl (C=O) groups is 3. The van der Waals surface area contributed by atoms with Crippen LogP contribution in [0, 0.1) is 11.8 Å². The summed E-state index contributed by atoms with van der Waals surface area (Å²) < 4.78 is 10.4. The molecule has 0 bridgehead atoms. The van der Waals surface area contributed by atoms with Crippen LogP contribution in [-0.4, -0.2) is 42.6 Å². The fourth-order valence-electron chi connectivity index (χ4n) is 3.35. The lowest BCUT2D eigenvalue weighted by atomic mass is 9.62. The summed E-state index contributed by atoms with van der Waals surface area (Å²) in [5.74, 6) is -4.95. The number of hydrogen-bond donors (Lipinski definition) is 1. The van der Waals surface area contributed by atoms with Crippen molar-refractivity contribution in [1.82, 2.24) is 0 Å². The standard InChI is InChI=1S/C17H19BrO6/c1-17(22)8-11(19)13(15(20)23-2)12(14(17)16(21)24-3)9-4-6-10(18)7-5-9/h4-7,12-14,22H,8H2,1-3H3. The normalized spacial score (nSPS) is 29.9. The Kier molecular flexibility index (Phi) is 5.45. The molecule has 7 heteroatoms. The number of benzene rings is 1. The summed E-state index contributed by atoms with van der Waals surface area (Å²) in [6.45, 7) is 1.41. The molecule has 4 atom stereocenters. The van der Waals surface area contributed by atoms with Gasteiger partial charge in [0.15, 0.2) is 5.78 Å². The molecule has 0 saturated heterocycles. The van der Waals surface area contributed by atoms with Gasteiger partial charge in [-0.25, -0.2) is 0 Å². The van der Waals surface area contributed by atoms with Crippen LogP contribution in [0.4, 0.5) is 0 Å². The number of aliphatic hydroxyl groups is 1. The summed E-state index contributed by atoms with van der Waals surface area (Å²) in [4.78, 5) is 37.0. The Bertz CT molecular complexity index is 652. The summed E-state index contributed by atoms with van der Waals surface area (Å²) in [6.07, 6.45) is -0.320. The molecule has 0 spiro atoms. The van der Waals surface area contributed by atoms with Gasteiger partial charge in [-0.1, -0.05) is 28.1 Å². The van der Waals surface area contributed by atoms with Crippen LogP contribution < -0.4 is 0 Å². The van der Waals surface area contributed by atoms with E-state index in [0.717, 1.165) is 4.47 Å². The third kappa shape index (κ3) is 3.37. The van der Waals surface area contributed by atoms with Crippen molar-refractivity contribution in [1.29, 1.82) is 0 Å². The van der Waals surface area contributed by atoms with E-state index in [1.807, 2.05) is 0 Å². The van der Waals surface area contributed by atoms with Crippen LogP contribution >= 0.6 is 15.9 Å². The quantitative estimate of drug-likeness (QED) is 0.616. The van der Waals surface area contributed by atoms with Gasteiger partial charge in [0.2, 0.25) is 0 Å². The van der Waals surface area contributed by atoms with E-state index in [1.54, 1.807) is 24.3 Å². The zero-order chi connectivity index (χ0) is 18.1. The fraction of sp³-hybridized carbons (Fsp3) is 0.471. The van der Waals surface area contributed by atoms with Gasteiger partial charge >= 0.3 is 11.9 Å². The number of ether oxygens (including phenoxy) is 2. The van der Waals surface area contributed by atoms with Crippen LogP contribution in [0.1, 0.15) is 24.8 Å². The molecule has 1 aromatic carbocycles. The van der Waals surface area contributed by atoms with E-state index in [0.29, 0.717) is 5.56 Å². The minimum atomic E-state index is -1.62. The van der Waals surface area contributed by atoms with Gasteiger partial charge in [-0.2, -0.15) is 0 Å². The Labute approximate surface area is 148 Å². The second-order valence-electron chi connectivity index (χ2n) is 6.08. The first-order chi connectivity index (χ1) is 11.2. The monoisotopic (exact) mass is 398 g/mol. The van der Waals surface area contributed by atoms with Crippen molar-refractivity contribution in [2.45, 2.75) is 24.9 Å². The Balaban J connectivity index is 2.63. The van der Waals surface area contributed by atoms with Crippen molar-refractivity contribution in [3.05, 3.63) is 34.3 Å². The molecule has 0 aliphatic heterocycles. The summed E-state index contributed by atoms with van der Waals surface area (Å²) in [6, 6.07) is 6.89. The maximum atomic E-state index is 12.5. The second-order valence-corrected chi connectivity index (χ2v) is 6.99. The zero-order valence-corrected chi connectivity index (χ0v) is 15.2. The first-order valence-corrected chi connectivity index (χ1v) is 8.18. The van der Waals surface area contributed by atoms with Gasteiger partial charge in [0.05, 0.1) is 25.7 Å². The Hall–Kier alpha value is -1.73. The lowest BCUT2D eigenvalue weighted by molar-refractivity contribution is -0.170. The van der Waals surface area contributed by atoms with E-state index in [2.05, 4.69) is 15.9 Å². The van der Waals surface area contributed by atoms with Crippen LogP contribution in [0.2, 0.25) is 0 Å². The minimum Gasteiger partial charge on any atom is -0.469 e. The molecule has 1 aromatic rings. The highest BCUT2D eigenvalue weighted by molar-refractivity contribution is 9.10. The molecule has 4 unspecified atom stereocenters. The van der Waals surface area contributed by atoms with Crippen LogP contribution in [0.5, 0.6) is 0 Å². The smallest absolute Gasteiger partial charge is 0.316 e. The third-order valence-electron chi connectivity index (χ3n) is 4.43. The number of carbonyl (C=O) groups excluding carboxylic acids is 3. The van der Waals surface area contributed by atoms with Crippen molar-refractivity contribution in [3.8, 4) is 0 Å². The number of esters is 2. The van der Waals surface area contributed by atoms with Crippen LogP contribution in [0.3, 0.4) is 0 Å². The van der Waals surface area contributed by atoms with Crippen molar-refractivity contribution < 1.29 is 29.0 Å². The molecule has 1 aliphatic rings. The van der Waals surface area contributed by atoms with Crippen molar-refractivity contribution in [2.24, 2.45) is 11.8 Å². The number of halogens is 1. The molecule has 1 saturated carbocycles. The van der Waals surface area contributed by atoms with Gasteiger partial charge in [-0.3, -0.25) is 14.4 Å². The van der Waals surface area contributed by atoms with E-state index in [9.17, 15) is 19.5 Å². The zero-order valence-electron chi connectivity index (χ0n) is 13.6. The molecule has 24 heavy (non-hydrogen) atoms. The van der Waals surface area contributed by atoms with Gasteiger partial charge in [0, 0.05) is 16.8 Å². The van der Waals surface area contributed by atoms with E-state index in [1.165, 1.54) is 21.1 Å². The van der Waals surface area contributed by atoms with Crippen LogP contribution in [0.15, 0.2) is 28.7 Å². The molecule has 1 N–H and O–H groups in total. The maximum Gasteiger partial charge on any atom is 0.316 e. The molecule has 0 radical (unpaired) electrons. The molecule has 1 aliphatic carbocycles. The minimum absolute atomic E-state index is 0.320. The van der Waals surface area contributed by atoms with E-state index >= 15 is 0 Å². The first kappa shape index (κ1) is 18.6. The Morgan fingerprint density at radius 2 is 1.71 bits per heavy atom. The van der Waals surface area contributed by atoms with Gasteiger partial charge in [-0.05, 0) is 24.6 Å². The molecular weight excluding hydrogens is 380 g/mol. The van der Waals surface area contributed by atoms with Crippen molar-refractivity contribution in [3.63, 3.8) is 0 Å². The molecule has 1 fully saturated rings. The first-order valence-electron chi connectivity index (χ1n) is 7.39. The van der Waals surface area contributed by atoms with Gasteiger partial charge in [-0.15, -0.1) is 0 Å². The fourth-order valence-corrected chi connectivity index (χ4v) is 3.62. The van der Waals surface area contributed by atoms with Crippen molar-refractivity contribution >= 4 is 33.7 Å². The van der Waals surface area contributed by atoms with Crippen LogP contribution in [-0.2, 0) is 23.9 Å². The average Bonchev–Trinajstić information content (AvgIpc) is 2.53. The SMILES string of the molecule is COC(=O)C1C(=O)CC(C)(O)C(C(=O)OC)C1c1ccc(Br)cc1. The van der Waals surface area contributed by atoms with E-state index in [-0.39, 0.29) is 6.42 Å². The predicted octanol–water partition coefficient (Wildman–Crippen LogP) is 1.83. The van der Waals surface area contributed by atoms with Gasteiger partial charge in [0.1, 0.15) is 5.92 Å². The Morgan fingerprint density at radius 1 is 1.17 bits per heavy atom. The topological polar surface area (TPSA) is 89.9 Å². The van der Waals surface area contributed by atoms with Gasteiger partial charge < -0.3 is 14.6 Å². The second kappa shape index (κ2) is 7.03. The summed E-state index contributed by atoms with van der Waals surface area (Å²) >= 11 is 3.32. The van der Waals surface area contributed by atoms with E-state index < -0.39 is 41.1 Å². The largest absolute Gasteiger partial charge is 0.469 e. The lowest BCUT2D eigenvalue weighted by Crippen LogP contribution is -2.55. The van der Waals surface area contributed by atoms with Crippen molar-refractivity contribution in [2.75, 3.05) is 14.2 Å². The number of rotatable bonds is 3.